The van der Waals surface area contributed by atoms with Gasteiger partial charge in [0, 0.05) is 25.8 Å². The third-order valence-corrected chi connectivity index (χ3v) is 3.84. The van der Waals surface area contributed by atoms with E-state index in [1.54, 1.807) is 13.1 Å². The molecule has 0 saturated carbocycles. The van der Waals surface area contributed by atoms with Crippen molar-refractivity contribution in [1.29, 1.82) is 5.41 Å². The molecule has 5 nitrogen and oxygen atoms in total. The van der Waals surface area contributed by atoms with Gasteiger partial charge in [-0.15, -0.1) is 0 Å². The molecule has 1 fully saturated rings. The minimum absolute atomic E-state index is 0.0271. The molecule has 1 aliphatic rings. The second kappa shape index (κ2) is 6.76. The molecule has 1 aliphatic heterocycles. The fourth-order valence-corrected chi connectivity index (χ4v) is 2.49. The van der Waals surface area contributed by atoms with E-state index in [4.69, 9.17) is 17.0 Å². The van der Waals surface area contributed by atoms with Crippen molar-refractivity contribution in [3.63, 3.8) is 0 Å². The van der Waals surface area contributed by atoms with Gasteiger partial charge in [0.05, 0.1) is 10.9 Å². The predicted octanol–water partition coefficient (Wildman–Crippen LogP) is 2.28. The second-order valence-corrected chi connectivity index (χ2v) is 5.41. The summed E-state index contributed by atoms with van der Waals surface area (Å²) >= 11 is 5.61. The third-order valence-electron chi connectivity index (χ3n) is 3.53. The minimum Gasteiger partial charge on any atom is -0.359 e. The van der Waals surface area contributed by atoms with Gasteiger partial charge in [0.1, 0.15) is 5.82 Å². The molecule has 7 heteroatoms. The maximum Gasteiger partial charge on any atom is 0.229 e. The lowest BCUT2D eigenvalue weighted by molar-refractivity contribution is -0.121. The van der Waals surface area contributed by atoms with Gasteiger partial charge in [0.25, 0.3) is 0 Å². The molecule has 114 valence electrons. The normalized spacial score (nSPS) is 18.2. The van der Waals surface area contributed by atoms with Crippen molar-refractivity contribution in [3.8, 4) is 0 Å². The van der Waals surface area contributed by atoms with Gasteiger partial charge in [-0.2, -0.15) is 0 Å². The molecule has 1 aromatic carbocycles. The van der Waals surface area contributed by atoms with Gasteiger partial charge in [0.15, 0.2) is 5.96 Å². The van der Waals surface area contributed by atoms with Crippen LogP contribution in [0.25, 0.3) is 0 Å². The molecule has 21 heavy (non-hydrogen) atoms. The number of piperidine rings is 1. The Labute approximate surface area is 128 Å². The second-order valence-electron chi connectivity index (χ2n) is 5.00. The highest BCUT2D eigenvalue weighted by atomic mass is 35.5. The van der Waals surface area contributed by atoms with E-state index in [9.17, 15) is 9.18 Å². The number of likely N-dealkylation sites (tertiary alicyclic amines) is 1. The zero-order chi connectivity index (χ0) is 15.4. The van der Waals surface area contributed by atoms with Crippen LogP contribution in [0, 0.1) is 17.1 Å². The van der Waals surface area contributed by atoms with Crippen molar-refractivity contribution in [3.05, 3.63) is 29.0 Å². The number of anilines is 1. The summed E-state index contributed by atoms with van der Waals surface area (Å²) < 4.78 is 13.4. The van der Waals surface area contributed by atoms with Crippen LogP contribution in [0.1, 0.15) is 12.8 Å². The Kier molecular flexibility index (Phi) is 5.01. The largest absolute Gasteiger partial charge is 0.359 e. The van der Waals surface area contributed by atoms with Crippen LogP contribution >= 0.6 is 11.6 Å². The first kappa shape index (κ1) is 15.6. The lowest BCUT2D eigenvalue weighted by Gasteiger charge is -2.33. The Bertz CT molecular complexity index is 552. The summed E-state index contributed by atoms with van der Waals surface area (Å²) in [6.07, 6.45) is 1.60. The van der Waals surface area contributed by atoms with E-state index in [-0.39, 0.29) is 16.8 Å². The number of carbonyl (C=O) groups excluding carboxylic acids is 1. The summed E-state index contributed by atoms with van der Waals surface area (Å²) in [4.78, 5) is 14.1. The summed E-state index contributed by atoms with van der Waals surface area (Å²) in [6.45, 7) is 1.25. The number of hydrogen-bond donors (Lipinski definition) is 3. The van der Waals surface area contributed by atoms with E-state index >= 15 is 0 Å². The molecular weight excluding hydrogens is 295 g/mol. The Morgan fingerprint density at radius 2 is 2.29 bits per heavy atom. The zero-order valence-electron chi connectivity index (χ0n) is 11.7. The van der Waals surface area contributed by atoms with Crippen LogP contribution in [0.3, 0.4) is 0 Å². The molecule has 0 aromatic heterocycles. The lowest BCUT2D eigenvalue weighted by atomic mass is 9.97. The maximum absolute atomic E-state index is 13.4. The fraction of sp³-hybridized carbons (Fsp3) is 0.429. The molecular formula is C14H18ClFN4O. The molecule has 0 unspecified atom stereocenters. The van der Waals surface area contributed by atoms with Crippen LogP contribution in [-0.4, -0.2) is 36.9 Å². The Morgan fingerprint density at radius 1 is 1.52 bits per heavy atom. The first-order valence-electron chi connectivity index (χ1n) is 6.78. The average molecular weight is 313 g/mol. The van der Waals surface area contributed by atoms with Crippen molar-refractivity contribution >= 4 is 29.2 Å². The molecule has 1 heterocycles. The lowest BCUT2D eigenvalue weighted by Crippen LogP contribution is -2.47. The number of guanidine groups is 1. The fourth-order valence-electron chi connectivity index (χ4n) is 2.37. The Hall–Kier alpha value is -1.82. The summed E-state index contributed by atoms with van der Waals surface area (Å²) in [5, 5.41) is 13.3. The highest BCUT2D eigenvalue weighted by Gasteiger charge is 2.27. The van der Waals surface area contributed by atoms with Crippen molar-refractivity contribution in [1.82, 2.24) is 10.2 Å². The van der Waals surface area contributed by atoms with Gasteiger partial charge in [-0.25, -0.2) is 4.39 Å². The van der Waals surface area contributed by atoms with Crippen LogP contribution in [-0.2, 0) is 4.79 Å². The molecule has 1 atom stereocenters. The van der Waals surface area contributed by atoms with Gasteiger partial charge < -0.3 is 15.5 Å². The molecule has 1 saturated heterocycles. The highest BCUT2D eigenvalue weighted by molar-refractivity contribution is 6.30. The number of benzene rings is 1. The Morgan fingerprint density at radius 3 is 2.95 bits per heavy atom. The van der Waals surface area contributed by atoms with Crippen LogP contribution in [0.2, 0.25) is 5.02 Å². The van der Waals surface area contributed by atoms with E-state index in [1.165, 1.54) is 12.1 Å². The van der Waals surface area contributed by atoms with Crippen LogP contribution in [0.5, 0.6) is 0 Å². The van der Waals surface area contributed by atoms with Gasteiger partial charge in [0.2, 0.25) is 5.91 Å². The standard InChI is InChI=1S/C14H18ClFN4O/c1-18-14(17)20-6-2-3-9(8-20)13(21)19-10-4-5-11(15)12(16)7-10/h4-5,7,9H,2-3,6,8H2,1H3,(H2,17,18)(H,19,21)/t9-/m0/s1. The average Bonchev–Trinajstić information content (AvgIpc) is 2.50. The highest BCUT2D eigenvalue weighted by Crippen LogP contribution is 2.21. The van der Waals surface area contributed by atoms with Gasteiger partial charge >= 0.3 is 0 Å². The summed E-state index contributed by atoms with van der Waals surface area (Å²) in [7, 11) is 1.68. The number of rotatable bonds is 2. The molecule has 0 aliphatic carbocycles. The number of hydrogen-bond acceptors (Lipinski definition) is 2. The third kappa shape index (κ3) is 3.85. The summed E-state index contributed by atoms with van der Waals surface area (Å²) in [6, 6.07) is 4.19. The molecule has 1 amide bonds. The number of halogens is 2. The summed E-state index contributed by atoms with van der Waals surface area (Å²) in [5.41, 5.74) is 0.391. The van der Waals surface area contributed by atoms with E-state index in [1.807, 2.05) is 4.90 Å². The zero-order valence-corrected chi connectivity index (χ0v) is 12.5. The quantitative estimate of drug-likeness (QED) is 0.580. The van der Waals surface area contributed by atoms with Crippen LogP contribution in [0.4, 0.5) is 10.1 Å². The predicted molar refractivity (Wildman–Crippen MR) is 81.1 cm³/mol. The van der Waals surface area contributed by atoms with E-state index in [2.05, 4.69) is 10.6 Å². The molecule has 0 spiro atoms. The number of amides is 1. The van der Waals surface area contributed by atoms with E-state index in [0.717, 1.165) is 19.4 Å². The van der Waals surface area contributed by atoms with Crippen LogP contribution in [0.15, 0.2) is 18.2 Å². The number of carbonyl (C=O) groups is 1. The van der Waals surface area contributed by atoms with Crippen molar-refractivity contribution < 1.29 is 9.18 Å². The summed E-state index contributed by atoms with van der Waals surface area (Å²) in [5.74, 6) is -0.627. The van der Waals surface area contributed by atoms with Crippen LogP contribution < -0.4 is 10.6 Å². The van der Waals surface area contributed by atoms with E-state index in [0.29, 0.717) is 18.2 Å². The maximum atomic E-state index is 13.4. The molecule has 3 N–H and O–H groups in total. The number of nitrogens with zero attached hydrogens (tertiary/aromatic N) is 1. The minimum atomic E-state index is -0.559. The monoisotopic (exact) mass is 312 g/mol. The van der Waals surface area contributed by atoms with Crippen molar-refractivity contribution in [2.75, 3.05) is 25.5 Å². The van der Waals surface area contributed by atoms with E-state index < -0.39 is 5.82 Å². The molecule has 0 radical (unpaired) electrons. The van der Waals surface area contributed by atoms with Gasteiger partial charge in [-0.05, 0) is 31.0 Å². The number of nitrogens with one attached hydrogen (secondary N) is 3. The SMILES string of the molecule is CNC(=N)N1CCC[C@H](C(=O)Nc2ccc(Cl)c(F)c2)C1. The van der Waals surface area contributed by atoms with Crippen molar-refractivity contribution in [2.24, 2.45) is 5.92 Å². The topological polar surface area (TPSA) is 68.2 Å². The van der Waals surface area contributed by atoms with Crippen molar-refractivity contribution in [2.45, 2.75) is 12.8 Å². The Balaban J connectivity index is 1.99. The molecule has 0 bridgehead atoms. The smallest absolute Gasteiger partial charge is 0.229 e. The van der Waals surface area contributed by atoms with Gasteiger partial charge in [-0.1, -0.05) is 11.6 Å². The molecule has 2 rings (SSSR count). The first-order valence-corrected chi connectivity index (χ1v) is 7.16. The van der Waals surface area contributed by atoms with Gasteiger partial charge in [-0.3, -0.25) is 10.2 Å². The molecule has 1 aromatic rings. The first-order chi connectivity index (χ1) is 10.0.